The number of benzene rings is 1. The summed E-state index contributed by atoms with van der Waals surface area (Å²) >= 11 is 6.61. The van der Waals surface area contributed by atoms with E-state index >= 15 is 0 Å². The number of phenolic OH excluding ortho intramolecular Hbond substituents is 1. The van der Waals surface area contributed by atoms with E-state index in [1.165, 1.54) is 6.33 Å². The van der Waals surface area contributed by atoms with Crippen LogP contribution in [0.4, 0.5) is 5.82 Å². The third kappa shape index (κ3) is 2.48. The number of imidazole rings is 1. The van der Waals surface area contributed by atoms with Crippen molar-refractivity contribution in [3.63, 3.8) is 0 Å². The number of anilines is 1. The zero-order valence-electron chi connectivity index (χ0n) is 10.1. The minimum absolute atomic E-state index is 0.186. The Bertz CT molecular complexity index is 750. The minimum Gasteiger partial charge on any atom is -0.506 e. The third-order valence-electron chi connectivity index (χ3n) is 2.75. The molecule has 6 nitrogen and oxygen atoms in total. The fourth-order valence-electron chi connectivity index (χ4n) is 1.80. The maximum atomic E-state index is 9.68. The molecule has 1 aromatic carbocycles. The first-order chi connectivity index (χ1) is 9.65. The molecule has 0 saturated carbocycles. The van der Waals surface area contributed by atoms with Crippen molar-refractivity contribution in [1.29, 1.82) is 0 Å². The largest absolute Gasteiger partial charge is 0.506 e. The van der Waals surface area contributed by atoms with Gasteiger partial charge in [-0.15, -0.1) is 0 Å². The summed E-state index contributed by atoms with van der Waals surface area (Å²) < 4.78 is 1.27. The van der Waals surface area contributed by atoms with Crippen LogP contribution < -0.4 is 5.32 Å². The van der Waals surface area contributed by atoms with Crippen molar-refractivity contribution >= 4 is 48.8 Å². The number of aromatic amines is 1. The summed E-state index contributed by atoms with van der Waals surface area (Å²) in [4.78, 5) is 15.4. The van der Waals surface area contributed by atoms with Crippen LogP contribution in [0.2, 0.25) is 0 Å². The van der Waals surface area contributed by atoms with Gasteiger partial charge in [0.2, 0.25) is 0 Å². The Hall–Kier alpha value is -1.67. The van der Waals surface area contributed by atoms with E-state index in [0.717, 1.165) is 5.56 Å². The molecule has 0 bridgehead atoms. The normalized spacial score (nSPS) is 10.9. The average molecular weight is 399 g/mol. The quantitative estimate of drug-likeness (QED) is 0.630. The number of hydrogen-bond acceptors (Lipinski definition) is 5. The van der Waals surface area contributed by atoms with Gasteiger partial charge < -0.3 is 15.4 Å². The molecule has 0 aliphatic heterocycles. The number of H-pyrrole nitrogens is 1. The summed E-state index contributed by atoms with van der Waals surface area (Å²) in [6, 6.07) is 3.69. The van der Waals surface area contributed by atoms with Gasteiger partial charge in [-0.05, 0) is 49.6 Å². The van der Waals surface area contributed by atoms with E-state index in [0.29, 0.717) is 32.5 Å². The zero-order chi connectivity index (χ0) is 14.1. The summed E-state index contributed by atoms with van der Waals surface area (Å²) in [6.45, 7) is 0.552. The molecule has 20 heavy (non-hydrogen) atoms. The lowest BCUT2D eigenvalue weighted by molar-refractivity contribution is 0.468. The fourth-order valence-corrected chi connectivity index (χ4v) is 3.08. The first kappa shape index (κ1) is 13.3. The molecule has 0 spiro atoms. The number of fused-ring (bicyclic) bond motifs is 1. The van der Waals surface area contributed by atoms with Gasteiger partial charge in [-0.25, -0.2) is 15.0 Å². The van der Waals surface area contributed by atoms with Crippen molar-refractivity contribution in [2.45, 2.75) is 6.54 Å². The van der Waals surface area contributed by atoms with Gasteiger partial charge in [-0.3, -0.25) is 0 Å². The highest BCUT2D eigenvalue weighted by Crippen LogP contribution is 2.33. The summed E-state index contributed by atoms with van der Waals surface area (Å²) in [6.07, 6.45) is 3.06. The first-order valence-electron chi connectivity index (χ1n) is 5.70. The predicted octanol–water partition coefficient (Wildman–Crippen LogP) is 3.20. The van der Waals surface area contributed by atoms with Crippen molar-refractivity contribution in [2.75, 3.05) is 5.32 Å². The van der Waals surface area contributed by atoms with Crippen LogP contribution in [0, 0.1) is 0 Å². The van der Waals surface area contributed by atoms with Crippen LogP contribution in [-0.2, 0) is 6.54 Å². The topological polar surface area (TPSA) is 86.7 Å². The molecule has 3 N–H and O–H groups in total. The first-order valence-corrected chi connectivity index (χ1v) is 7.28. The Balaban J connectivity index is 1.85. The molecule has 8 heteroatoms. The fraction of sp³-hybridized carbons (Fsp3) is 0.0833. The van der Waals surface area contributed by atoms with Gasteiger partial charge in [-0.1, -0.05) is 0 Å². The maximum Gasteiger partial charge on any atom is 0.162 e. The molecule has 0 aliphatic rings. The average Bonchev–Trinajstić information content (AvgIpc) is 2.91. The number of aromatic hydroxyl groups is 1. The molecule has 2 aromatic heterocycles. The minimum atomic E-state index is 0.186. The van der Waals surface area contributed by atoms with Gasteiger partial charge in [0.05, 0.1) is 15.3 Å². The molecule has 2 heterocycles. The molecule has 102 valence electrons. The predicted molar refractivity (Wildman–Crippen MR) is 82.5 cm³/mol. The second-order valence-electron chi connectivity index (χ2n) is 4.08. The lowest BCUT2D eigenvalue weighted by Crippen LogP contribution is -2.02. The lowest BCUT2D eigenvalue weighted by Gasteiger charge is -2.08. The maximum absolute atomic E-state index is 9.68. The van der Waals surface area contributed by atoms with Crippen molar-refractivity contribution in [2.24, 2.45) is 0 Å². The summed E-state index contributed by atoms with van der Waals surface area (Å²) in [5.74, 6) is 0.849. The number of phenols is 1. The molecule has 0 aliphatic carbocycles. The van der Waals surface area contributed by atoms with Crippen LogP contribution in [-0.4, -0.2) is 25.0 Å². The van der Waals surface area contributed by atoms with Crippen LogP contribution in [0.25, 0.3) is 11.2 Å². The highest BCUT2D eigenvalue weighted by Gasteiger charge is 2.08. The summed E-state index contributed by atoms with van der Waals surface area (Å²) in [7, 11) is 0. The van der Waals surface area contributed by atoms with Crippen molar-refractivity contribution in [1.82, 2.24) is 19.9 Å². The van der Waals surface area contributed by atoms with Crippen molar-refractivity contribution in [3.8, 4) is 5.75 Å². The lowest BCUT2D eigenvalue weighted by atomic mass is 10.2. The number of rotatable bonds is 3. The summed E-state index contributed by atoms with van der Waals surface area (Å²) in [5.41, 5.74) is 2.38. The monoisotopic (exact) mass is 397 g/mol. The molecule has 3 rings (SSSR count). The highest BCUT2D eigenvalue weighted by molar-refractivity contribution is 9.11. The molecule has 0 amide bonds. The van der Waals surface area contributed by atoms with Gasteiger partial charge in [0.1, 0.15) is 17.6 Å². The van der Waals surface area contributed by atoms with E-state index in [2.05, 4.69) is 57.1 Å². The van der Waals surface area contributed by atoms with Gasteiger partial charge in [0.25, 0.3) is 0 Å². The van der Waals surface area contributed by atoms with Gasteiger partial charge in [0.15, 0.2) is 11.5 Å². The van der Waals surface area contributed by atoms with E-state index in [4.69, 9.17) is 0 Å². The Morgan fingerprint density at radius 1 is 1.15 bits per heavy atom. The van der Waals surface area contributed by atoms with Gasteiger partial charge in [0, 0.05) is 6.54 Å². The SMILES string of the molecule is Oc1c(Br)cc(CNc2ncnc3[nH]cnc23)cc1Br. The van der Waals surface area contributed by atoms with Crippen LogP contribution >= 0.6 is 31.9 Å². The molecule has 0 fully saturated rings. The third-order valence-corrected chi connectivity index (χ3v) is 3.96. The molecule has 0 radical (unpaired) electrons. The molecular formula is C12H9Br2N5O. The number of nitrogens with zero attached hydrogens (tertiary/aromatic N) is 3. The van der Waals surface area contributed by atoms with Gasteiger partial charge in [-0.2, -0.15) is 0 Å². The van der Waals surface area contributed by atoms with Crippen LogP contribution in [0.15, 0.2) is 33.7 Å². The number of nitrogens with one attached hydrogen (secondary N) is 2. The number of hydrogen-bond donors (Lipinski definition) is 3. The van der Waals surface area contributed by atoms with E-state index in [-0.39, 0.29) is 5.75 Å². The number of halogens is 2. The van der Waals surface area contributed by atoms with E-state index in [1.807, 2.05) is 12.1 Å². The van der Waals surface area contributed by atoms with Crippen molar-refractivity contribution in [3.05, 3.63) is 39.3 Å². The molecule has 3 aromatic rings. The summed E-state index contributed by atoms with van der Waals surface area (Å²) in [5, 5.41) is 12.9. The highest BCUT2D eigenvalue weighted by atomic mass is 79.9. The van der Waals surface area contributed by atoms with E-state index < -0.39 is 0 Å². The van der Waals surface area contributed by atoms with Crippen molar-refractivity contribution < 1.29 is 5.11 Å². The Labute approximate surface area is 130 Å². The smallest absolute Gasteiger partial charge is 0.162 e. The second-order valence-corrected chi connectivity index (χ2v) is 5.79. The van der Waals surface area contributed by atoms with Gasteiger partial charge >= 0.3 is 0 Å². The molecule has 0 atom stereocenters. The molecule has 0 unspecified atom stereocenters. The van der Waals surface area contributed by atoms with Crippen LogP contribution in [0.3, 0.4) is 0 Å². The number of aromatic nitrogens is 4. The standard InChI is InChI=1S/C12H9Br2N5O/c13-7-1-6(2-8(14)10(7)20)3-15-11-9-12(17-4-16-9)19-5-18-11/h1-2,4-5,20H,3H2,(H2,15,16,17,18,19). The molecular weight excluding hydrogens is 390 g/mol. The molecule has 0 saturated heterocycles. The zero-order valence-corrected chi connectivity index (χ0v) is 13.2. The second kappa shape index (κ2) is 5.37. The Kier molecular flexibility index (Phi) is 3.58. The van der Waals surface area contributed by atoms with Crippen LogP contribution in [0.5, 0.6) is 5.75 Å². The Morgan fingerprint density at radius 3 is 2.65 bits per heavy atom. The Morgan fingerprint density at radius 2 is 1.90 bits per heavy atom. The van der Waals surface area contributed by atoms with E-state index in [1.54, 1.807) is 6.33 Å². The van der Waals surface area contributed by atoms with E-state index in [9.17, 15) is 5.11 Å². The van der Waals surface area contributed by atoms with Crippen LogP contribution in [0.1, 0.15) is 5.56 Å².